The van der Waals surface area contributed by atoms with Crippen LogP contribution in [0.15, 0.2) is 48.1 Å². The van der Waals surface area contributed by atoms with E-state index < -0.39 is 23.3 Å². The first-order chi connectivity index (χ1) is 8.25. The zero-order valence-electron chi connectivity index (χ0n) is 10.4. The van der Waals surface area contributed by atoms with Crippen LogP contribution in [0.5, 0.6) is 0 Å². The molecule has 1 aliphatic carbocycles. The van der Waals surface area contributed by atoms with Gasteiger partial charge in [0.15, 0.2) is 0 Å². The largest absolute Gasteiger partial charge is 0.481 e. The van der Waals surface area contributed by atoms with Gasteiger partial charge in [0.25, 0.3) is 0 Å². The predicted octanol–water partition coefficient (Wildman–Crippen LogP) is 2.41. The number of allylic oxidation sites excluding steroid dienone is 3. The molecule has 0 saturated carbocycles. The molecule has 0 aromatic carbocycles. The van der Waals surface area contributed by atoms with E-state index >= 15 is 0 Å². The second kappa shape index (κ2) is 4.64. The molecule has 2 unspecified atom stereocenters. The highest BCUT2D eigenvalue weighted by atomic mass is 16.4. The van der Waals surface area contributed by atoms with E-state index in [9.17, 15) is 19.8 Å². The average molecular weight is 248 g/mol. The molecule has 2 atom stereocenters. The fourth-order valence-electron chi connectivity index (χ4n) is 2.22. The van der Waals surface area contributed by atoms with E-state index in [0.717, 1.165) is 0 Å². The van der Waals surface area contributed by atoms with Crippen molar-refractivity contribution in [2.24, 2.45) is 11.3 Å². The van der Waals surface area contributed by atoms with Crippen molar-refractivity contribution in [3.05, 3.63) is 48.1 Å². The highest BCUT2D eigenvalue weighted by Crippen LogP contribution is 2.45. The molecule has 0 fully saturated rings. The molecule has 4 nitrogen and oxygen atoms in total. The summed E-state index contributed by atoms with van der Waals surface area (Å²) in [6, 6.07) is 0. The van der Waals surface area contributed by atoms with E-state index in [-0.39, 0.29) is 5.57 Å². The monoisotopic (exact) mass is 248 g/mol. The molecule has 96 valence electrons. The maximum absolute atomic E-state index is 11.6. The predicted molar refractivity (Wildman–Crippen MR) is 68.0 cm³/mol. The summed E-state index contributed by atoms with van der Waals surface area (Å²) < 4.78 is 0. The van der Waals surface area contributed by atoms with Gasteiger partial charge in [0.2, 0.25) is 0 Å². The second-order valence-electron chi connectivity index (χ2n) is 4.49. The Bertz CT molecular complexity index is 480. The van der Waals surface area contributed by atoms with Crippen molar-refractivity contribution >= 4 is 11.9 Å². The lowest BCUT2D eigenvalue weighted by molar-refractivity contribution is -0.155. The average Bonchev–Trinajstić information content (AvgIpc) is 2.26. The van der Waals surface area contributed by atoms with Crippen molar-refractivity contribution in [1.82, 2.24) is 0 Å². The van der Waals surface area contributed by atoms with E-state index in [1.165, 1.54) is 13.0 Å². The standard InChI is InChI=1S/C14H16O4/c1-8(2)10-6-5-7-14(9(3)4,13(17)18)11(10)12(15)16/h5-7,11H,1,3H2,2,4H3,(H,15,16)(H,17,18). The molecule has 0 heterocycles. The van der Waals surface area contributed by atoms with Gasteiger partial charge in [-0.15, -0.1) is 0 Å². The molecule has 0 amide bonds. The van der Waals surface area contributed by atoms with Gasteiger partial charge in [-0.3, -0.25) is 9.59 Å². The van der Waals surface area contributed by atoms with Crippen molar-refractivity contribution in [2.45, 2.75) is 13.8 Å². The van der Waals surface area contributed by atoms with Crippen LogP contribution < -0.4 is 0 Å². The maximum atomic E-state index is 11.6. The first kappa shape index (κ1) is 14.0. The van der Waals surface area contributed by atoms with Crippen molar-refractivity contribution in [3.8, 4) is 0 Å². The summed E-state index contributed by atoms with van der Waals surface area (Å²) >= 11 is 0. The van der Waals surface area contributed by atoms with Crippen molar-refractivity contribution in [3.63, 3.8) is 0 Å². The van der Waals surface area contributed by atoms with Crippen LogP contribution in [0.25, 0.3) is 0 Å². The molecule has 1 rings (SSSR count). The summed E-state index contributed by atoms with van der Waals surface area (Å²) in [5.41, 5.74) is -0.381. The third-order valence-corrected chi connectivity index (χ3v) is 3.20. The SMILES string of the molecule is C=C(C)C1=CC=CC(C(=C)C)(C(=O)O)C1C(=O)O. The van der Waals surface area contributed by atoms with Crippen LogP contribution in [0.1, 0.15) is 13.8 Å². The highest BCUT2D eigenvalue weighted by molar-refractivity contribution is 5.91. The van der Waals surface area contributed by atoms with Crippen LogP contribution in [-0.4, -0.2) is 22.2 Å². The normalized spacial score (nSPS) is 26.3. The Morgan fingerprint density at radius 3 is 2.17 bits per heavy atom. The Balaban J connectivity index is 3.54. The fourth-order valence-corrected chi connectivity index (χ4v) is 2.22. The molecular weight excluding hydrogens is 232 g/mol. The summed E-state index contributed by atoms with van der Waals surface area (Å²) in [4.78, 5) is 23.0. The smallest absolute Gasteiger partial charge is 0.318 e. The first-order valence-electron chi connectivity index (χ1n) is 5.42. The molecule has 0 bridgehead atoms. The number of carboxylic acids is 2. The summed E-state index contributed by atoms with van der Waals surface area (Å²) in [7, 11) is 0. The molecule has 0 aromatic rings. The van der Waals surface area contributed by atoms with Crippen molar-refractivity contribution < 1.29 is 19.8 Å². The van der Waals surface area contributed by atoms with E-state index in [2.05, 4.69) is 13.2 Å². The van der Waals surface area contributed by atoms with Crippen LogP contribution in [0, 0.1) is 11.3 Å². The maximum Gasteiger partial charge on any atom is 0.318 e. The van der Waals surface area contributed by atoms with E-state index in [1.54, 1.807) is 19.1 Å². The zero-order valence-corrected chi connectivity index (χ0v) is 10.4. The summed E-state index contributed by atoms with van der Waals surface area (Å²) in [5, 5.41) is 18.8. The molecule has 0 radical (unpaired) electrons. The Morgan fingerprint density at radius 2 is 1.83 bits per heavy atom. The van der Waals surface area contributed by atoms with Crippen LogP contribution in [0.2, 0.25) is 0 Å². The Morgan fingerprint density at radius 1 is 1.28 bits per heavy atom. The topological polar surface area (TPSA) is 74.6 Å². The molecule has 18 heavy (non-hydrogen) atoms. The first-order valence-corrected chi connectivity index (χ1v) is 5.42. The van der Waals surface area contributed by atoms with Crippen LogP contribution in [0.3, 0.4) is 0 Å². The number of carbonyl (C=O) groups is 2. The van der Waals surface area contributed by atoms with Gasteiger partial charge in [0.1, 0.15) is 11.3 Å². The lowest BCUT2D eigenvalue weighted by Gasteiger charge is -2.36. The molecule has 0 aromatic heterocycles. The third-order valence-electron chi connectivity index (χ3n) is 3.20. The number of carboxylic acid groups (broad SMARTS) is 2. The minimum Gasteiger partial charge on any atom is -0.481 e. The molecule has 0 aliphatic heterocycles. The second-order valence-corrected chi connectivity index (χ2v) is 4.49. The molecule has 1 aliphatic rings. The van der Waals surface area contributed by atoms with Gasteiger partial charge in [-0.1, -0.05) is 42.5 Å². The quantitative estimate of drug-likeness (QED) is 0.749. The lowest BCUT2D eigenvalue weighted by Crippen LogP contribution is -2.44. The molecule has 4 heteroatoms. The molecular formula is C14H16O4. The van der Waals surface area contributed by atoms with Gasteiger partial charge in [0, 0.05) is 0 Å². The minimum absolute atomic E-state index is 0.283. The summed E-state index contributed by atoms with van der Waals surface area (Å²) in [6.45, 7) is 10.5. The van der Waals surface area contributed by atoms with Gasteiger partial charge < -0.3 is 10.2 Å². The van der Waals surface area contributed by atoms with Gasteiger partial charge in [-0.25, -0.2) is 0 Å². The van der Waals surface area contributed by atoms with Crippen molar-refractivity contribution in [2.75, 3.05) is 0 Å². The van der Waals surface area contributed by atoms with Gasteiger partial charge in [-0.05, 0) is 19.4 Å². The minimum atomic E-state index is -1.62. The fraction of sp³-hybridized carbons (Fsp3) is 0.286. The number of rotatable bonds is 4. The lowest BCUT2D eigenvalue weighted by atomic mass is 9.64. The van der Waals surface area contributed by atoms with Gasteiger partial charge in [-0.2, -0.15) is 0 Å². The Hall–Kier alpha value is -2.10. The summed E-state index contributed by atoms with van der Waals surface area (Å²) in [6.07, 6.45) is 4.51. The van der Waals surface area contributed by atoms with E-state index in [1.807, 2.05) is 0 Å². The van der Waals surface area contributed by atoms with Gasteiger partial charge in [0.05, 0.1) is 0 Å². The number of hydrogen-bond acceptors (Lipinski definition) is 2. The Kier molecular flexibility index (Phi) is 3.60. The van der Waals surface area contributed by atoms with E-state index in [4.69, 9.17) is 0 Å². The van der Waals surface area contributed by atoms with E-state index in [0.29, 0.717) is 11.1 Å². The number of hydrogen-bond donors (Lipinski definition) is 2. The zero-order chi connectivity index (χ0) is 14.1. The van der Waals surface area contributed by atoms with Gasteiger partial charge >= 0.3 is 11.9 Å². The molecule has 0 saturated heterocycles. The third kappa shape index (κ3) is 1.90. The number of aliphatic carboxylic acids is 2. The van der Waals surface area contributed by atoms with Crippen LogP contribution >= 0.6 is 0 Å². The van der Waals surface area contributed by atoms with Crippen LogP contribution in [-0.2, 0) is 9.59 Å². The Labute approximate surface area is 106 Å². The van der Waals surface area contributed by atoms with Crippen LogP contribution in [0.4, 0.5) is 0 Å². The molecule has 2 N–H and O–H groups in total. The van der Waals surface area contributed by atoms with Crippen molar-refractivity contribution in [1.29, 1.82) is 0 Å². The highest BCUT2D eigenvalue weighted by Gasteiger charge is 2.51. The summed E-state index contributed by atoms with van der Waals surface area (Å²) in [5.74, 6) is -3.61. The molecule has 0 spiro atoms.